The van der Waals surface area contributed by atoms with Crippen molar-refractivity contribution >= 4 is 17.9 Å². The summed E-state index contributed by atoms with van der Waals surface area (Å²) in [4.78, 5) is 32.9. The summed E-state index contributed by atoms with van der Waals surface area (Å²) < 4.78 is 4.69. The average molecular weight is 200 g/mol. The minimum Gasteiger partial charge on any atom is -0.466 e. The molecule has 3 amide bonds. The largest absolute Gasteiger partial charge is 0.466 e. The van der Waals surface area contributed by atoms with E-state index in [0.29, 0.717) is 6.61 Å². The number of esters is 1. The fourth-order valence-corrected chi connectivity index (χ4v) is 1.15. The van der Waals surface area contributed by atoms with Gasteiger partial charge in [-0.3, -0.25) is 14.9 Å². The van der Waals surface area contributed by atoms with Crippen molar-refractivity contribution in [2.24, 2.45) is 5.92 Å². The smallest absolute Gasteiger partial charge is 0.321 e. The van der Waals surface area contributed by atoms with Crippen molar-refractivity contribution in [1.29, 1.82) is 0 Å². The van der Waals surface area contributed by atoms with E-state index in [4.69, 9.17) is 0 Å². The van der Waals surface area contributed by atoms with E-state index in [2.05, 4.69) is 15.4 Å². The molecule has 2 N–H and O–H groups in total. The van der Waals surface area contributed by atoms with Crippen molar-refractivity contribution in [2.75, 3.05) is 13.2 Å². The monoisotopic (exact) mass is 200 g/mol. The molecule has 1 heterocycles. The molecule has 1 aliphatic heterocycles. The first-order valence-corrected chi connectivity index (χ1v) is 4.37. The Morgan fingerprint density at radius 2 is 2.29 bits per heavy atom. The van der Waals surface area contributed by atoms with Crippen molar-refractivity contribution in [2.45, 2.75) is 13.3 Å². The third-order valence-electron chi connectivity index (χ3n) is 1.83. The Labute approximate surface area is 81.0 Å². The van der Waals surface area contributed by atoms with Crippen LogP contribution in [0.1, 0.15) is 13.3 Å². The van der Waals surface area contributed by atoms with Crippen LogP contribution >= 0.6 is 0 Å². The van der Waals surface area contributed by atoms with Crippen LogP contribution in [-0.2, 0) is 14.3 Å². The normalized spacial score (nSPS) is 21.1. The summed E-state index contributed by atoms with van der Waals surface area (Å²) in [5.74, 6) is -1.38. The fraction of sp³-hybridized carbons (Fsp3) is 0.625. The van der Waals surface area contributed by atoms with Crippen LogP contribution in [0.2, 0.25) is 0 Å². The van der Waals surface area contributed by atoms with Crippen LogP contribution < -0.4 is 10.6 Å². The van der Waals surface area contributed by atoms with Crippen molar-refractivity contribution < 1.29 is 19.1 Å². The molecule has 1 saturated heterocycles. The maximum Gasteiger partial charge on any atom is 0.321 e. The van der Waals surface area contributed by atoms with Gasteiger partial charge in [0.25, 0.3) is 0 Å². The highest BCUT2D eigenvalue weighted by Gasteiger charge is 2.28. The van der Waals surface area contributed by atoms with Gasteiger partial charge in [0.1, 0.15) is 0 Å². The fourth-order valence-electron chi connectivity index (χ4n) is 1.15. The van der Waals surface area contributed by atoms with Crippen LogP contribution in [0.5, 0.6) is 0 Å². The van der Waals surface area contributed by atoms with Crippen molar-refractivity contribution in [3.05, 3.63) is 0 Å². The summed E-state index contributed by atoms with van der Waals surface area (Å²) in [6, 6.07) is -0.518. The summed E-state index contributed by atoms with van der Waals surface area (Å²) >= 11 is 0. The van der Waals surface area contributed by atoms with E-state index in [9.17, 15) is 14.4 Å². The summed E-state index contributed by atoms with van der Waals surface area (Å²) in [5.41, 5.74) is 0. The van der Waals surface area contributed by atoms with E-state index < -0.39 is 23.8 Å². The summed E-state index contributed by atoms with van der Waals surface area (Å²) in [7, 11) is 0. The van der Waals surface area contributed by atoms with Crippen LogP contribution in [-0.4, -0.2) is 31.1 Å². The van der Waals surface area contributed by atoms with Crippen LogP contribution in [0.3, 0.4) is 0 Å². The number of carbonyl (C=O) groups excluding carboxylic acids is 3. The lowest BCUT2D eigenvalue weighted by Crippen LogP contribution is -2.52. The highest BCUT2D eigenvalue weighted by molar-refractivity contribution is 5.99. The zero-order valence-corrected chi connectivity index (χ0v) is 7.83. The number of hydrogen-bond donors (Lipinski definition) is 2. The molecule has 1 atom stereocenters. The lowest BCUT2D eigenvalue weighted by atomic mass is 10.0. The maximum atomic E-state index is 11.2. The highest BCUT2D eigenvalue weighted by Crippen LogP contribution is 2.06. The number of urea groups is 1. The van der Waals surface area contributed by atoms with Gasteiger partial charge in [-0.15, -0.1) is 0 Å². The minimum absolute atomic E-state index is 0.0000463. The molecule has 0 aromatic heterocycles. The maximum absolute atomic E-state index is 11.2. The predicted octanol–water partition coefficient (Wildman–Crippen LogP) is -0.605. The lowest BCUT2D eigenvalue weighted by molar-refractivity contribution is -0.146. The molecular weight excluding hydrogens is 188 g/mol. The highest BCUT2D eigenvalue weighted by atomic mass is 16.5. The molecule has 6 heteroatoms. The minimum atomic E-state index is -0.522. The molecule has 1 fully saturated rings. The second-order valence-corrected chi connectivity index (χ2v) is 2.91. The standard InChI is InChI=1S/C8H12N2O4/c1-2-14-6(11)3-5-4-9-8(13)10-7(5)12/h5H,2-4H2,1H3,(H2,9,10,12,13). The molecular formula is C8H12N2O4. The van der Waals surface area contributed by atoms with E-state index in [-0.39, 0.29) is 13.0 Å². The van der Waals surface area contributed by atoms with Gasteiger partial charge in [-0.25, -0.2) is 4.79 Å². The van der Waals surface area contributed by atoms with Gasteiger partial charge in [0, 0.05) is 6.54 Å². The first-order chi connectivity index (χ1) is 6.63. The quantitative estimate of drug-likeness (QED) is 0.595. The zero-order valence-electron chi connectivity index (χ0n) is 7.83. The second-order valence-electron chi connectivity index (χ2n) is 2.91. The third-order valence-corrected chi connectivity index (χ3v) is 1.83. The van der Waals surface area contributed by atoms with E-state index in [1.165, 1.54) is 0 Å². The molecule has 78 valence electrons. The Morgan fingerprint density at radius 1 is 1.57 bits per heavy atom. The van der Waals surface area contributed by atoms with Gasteiger partial charge in [0.15, 0.2) is 0 Å². The lowest BCUT2D eigenvalue weighted by Gasteiger charge is -2.20. The Balaban J connectivity index is 2.41. The Hall–Kier alpha value is -1.59. The first-order valence-electron chi connectivity index (χ1n) is 4.37. The molecule has 0 radical (unpaired) electrons. The van der Waals surface area contributed by atoms with Crippen molar-refractivity contribution in [3.63, 3.8) is 0 Å². The van der Waals surface area contributed by atoms with Crippen LogP contribution in [0.4, 0.5) is 4.79 Å². The van der Waals surface area contributed by atoms with Crippen LogP contribution in [0.15, 0.2) is 0 Å². The molecule has 1 unspecified atom stereocenters. The van der Waals surface area contributed by atoms with E-state index >= 15 is 0 Å². The predicted molar refractivity (Wildman–Crippen MR) is 46.3 cm³/mol. The van der Waals surface area contributed by atoms with Crippen LogP contribution in [0, 0.1) is 5.92 Å². The zero-order chi connectivity index (χ0) is 10.6. The number of rotatable bonds is 3. The van der Waals surface area contributed by atoms with E-state index in [1.54, 1.807) is 6.92 Å². The number of carbonyl (C=O) groups is 3. The average Bonchev–Trinajstić information content (AvgIpc) is 2.10. The second kappa shape index (κ2) is 4.59. The van der Waals surface area contributed by atoms with Gasteiger partial charge < -0.3 is 10.1 Å². The molecule has 6 nitrogen and oxygen atoms in total. The number of hydrogen-bond acceptors (Lipinski definition) is 4. The Morgan fingerprint density at radius 3 is 2.86 bits per heavy atom. The molecule has 1 aliphatic rings. The molecule has 0 bridgehead atoms. The van der Waals surface area contributed by atoms with Gasteiger partial charge in [0.05, 0.1) is 18.9 Å². The van der Waals surface area contributed by atoms with E-state index in [0.717, 1.165) is 0 Å². The third kappa shape index (κ3) is 2.72. The topological polar surface area (TPSA) is 84.5 Å². The SMILES string of the molecule is CCOC(=O)CC1CNC(=O)NC1=O. The number of nitrogens with one attached hydrogen (secondary N) is 2. The van der Waals surface area contributed by atoms with E-state index in [1.807, 2.05) is 0 Å². The van der Waals surface area contributed by atoms with Crippen LogP contribution in [0.25, 0.3) is 0 Å². The molecule has 0 aliphatic carbocycles. The van der Waals surface area contributed by atoms with Crippen molar-refractivity contribution in [1.82, 2.24) is 10.6 Å². The summed E-state index contributed by atoms with van der Waals surface area (Å²) in [5, 5.41) is 4.51. The summed E-state index contributed by atoms with van der Waals surface area (Å²) in [6.07, 6.45) is -0.0000463. The summed E-state index contributed by atoms with van der Waals surface area (Å²) in [6.45, 7) is 2.17. The van der Waals surface area contributed by atoms with Gasteiger partial charge in [-0.05, 0) is 6.92 Å². The molecule has 0 saturated carbocycles. The molecule has 1 rings (SSSR count). The molecule has 0 spiro atoms. The number of amides is 3. The van der Waals surface area contributed by atoms with Crippen molar-refractivity contribution in [3.8, 4) is 0 Å². The molecule has 14 heavy (non-hydrogen) atoms. The van der Waals surface area contributed by atoms with Gasteiger partial charge in [-0.1, -0.05) is 0 Å². The molecule has 0 aromatic carbocycles. The Bertz CT molecular complexity index is 264. The van der Waals surface area contributed by atoms with Gasteiger partial charge in [-0.2, -0.15) is 0 Å². The Kier molecular flexibility index (Phi) is 3.44. The first kappa shape index (κ1) is 10.5. The molecule has 0 aromatic rings. The van der Waals surface area contributed by atoms with Gasteiger partial charge >= 0.3 is 12.0 Å². The van der Waals surface area contributed by atoms with Gasteiger partial charge in [0.2, 0.25) is 5.91 Å². The number of imide groups is 1. The number of ether oxygens (including phenoxy) is 1.